The maximum absolute atomic E-state index is 13.6. The molecule has 0 aromatic heterocycles. The molecule has 0 radical (unpaired) electrons. The smallest absolute Gasteiger partial charge is 0.123 e. The summed E-state index contributed by atoms with van der Waals surface area (Å²) in [5.74, 6) is 1.35. The zero-order valence-corrected chi connectivity index (χ0v) is 17.2. The molecule has 3 rings (SSSR count). The molecule has 0 aliphatic heterocycles. The van der Waals surface area contributed by atoms with Gasteiger partial charge in [0.15, 0.2) is 0 Å². The molecule has 1 aliphatic rings. The van der Waals surface area contributed by atoms with Crippen molar-refractivity contribution < 1.29 is 14.2 Å². The number of hydrogen-bond donors (Lipinski definition) is 1. The molecule has 4 heteroatoms. The first-order chi connectivity index (χ1) is 13.4. The number of methoxy groups -OCH3 is 1. The highest BCUT2D eigenvalue weighted by Gasteiger charge is 2.42. The van der Waals surface area contributed by atoms with E-state index in [-0.39, 0.29) is 11.7 Å². The van der Waals surface area contributed by atoms with Crippen molar-refractivity contribution in [1.29, 1.82) is 0 Å². The van der Waals surface area contributed by atoms with Crippen LogP contribution >= 0.6 is 0 Å². The average Bonchev–Trinajstić information content (AvgIpc) is 2.64. The molecular weight excluding hydrogens is 353 g/mol. The average molecular weight is 386 g/mol. The zero-order chi connectivity index (χ0) is 20.1. The predicted molar refractivity (Wildman–Crippen MR) is 111 cm³/mol. The van der Waals surface area contributed by atoms with Crippen LogP contribution in [0.15, 0.2) is 48.5 Å². The van der Waals surface area contributed by atoms with Crippen molar-refractivity contribution in [3.63, 3.8) is 0 Å². The molecule has 0 spiro atoms. The fourth-order valence-electron chi connectivity index (χ4n) is 4.63. The van der Waals surface area contributed by atoms with E-state index in [0.717, 1.165) is 43.5 Å². The minimum atomic E-state index is -0.789. The van der Waals surface area contributed by atoms with Gasteiger partial charge in [-0.25, -0.2) is 4.39 Å². The molecule has 3 nitrogen and oxygen atoms in total. The molecule has 2 aromatic carbocycles. The number of ether oxygens (including phenoxy) is 1. The topological polar surface area (TPSA) is 32.7 Å². The summed E-state index contributed by atoms with van der Waals surface area (Å²) in [5.41, 5.74) is 1.36. The molecule has 3 unspecified atom stereocenters. The number of nitrogens with zero attached hydrogens (tertiary/aromatic N) is 1. The number of aliphatic hydroxyl groups is 1. The Labute approximate surface area is 168 Å². The number of hydrogen-bond acceptors (Lipinski definition) is 3. The van der Waals surface area contributed by atoms with E-state index in [1.165, 1.54) is 11.6 Å². The number of halogens is 1. The second-order valence-electron chi connectivity index (χ2n) is 8.57. The fraction of sp³-hybridized carbons (Fsp3) is 0.500. The van der Waals surface area contributed by atoms with Crippen LogP contribution in [0.2, 0.25) is 0 Å². The molecule has 1 aliphatic carbocycles. The highest BCUT2D eigenvalue weighted by atomic mass is 19.1. The molecular formula is C24H32FNO2. The van der Waals surface area contributed by atoms with E-state index in [2.05, 4.69) is 17.0 Å². The summed E-state index contributed by atoms with van der Waals surface area (Å²) in [7, 11) is 5.79. The summed E-state index contributed by atoms with van der Waals surface area (Å²) >= 11 is 0. The Morgan fingerprint density at radius 3 is 2.61 bits per heavy atom. The minimum Gasteiger partial charge on any atom is -0.497 e. The van der Waals surface area contributed by atoms with E-state index in [1.54, 1.807) is 19.2 Å². The lowest BCUT2D eigenvalue weighted by atomic mass is 9.67. The van der Waals surface area contributed by atoms with Crippen molar-refractivity contribution >= 4 is 0 Å². The van der Waals surface area contributed by atoms with Gasteiger partial charge >= 0.3 is 0 Å². The highest BCUT2D eigenvalue weighted by molar-refractivity contribution is 5.29. The van der Waals surface area contributed by atoms with E-state index in [1.807, 2.05) is 32.3 Å². The summed E-state index contributed by atoms with van der Waals surface area (Å²) in [6.07, 6.45) is 4.21. The van der Waals surface area contributed by atoms with Crippen LogP contribution in [0.1, 0.15) is 30.4 Å². The molecule has 1 saturated carbocycles. The fourth-order valence-corrected chi connectivity index (χ4v) is 4.63. The van der Waals surface area contributed by atoms with Crippen molar-refractivity contribution in [2.24, 2.45) is 11.8 Å². The third-order valence-electron chi connectivity index (χ3n) is 6.01. The summed E-state index contributed by atoms with van der Waals surface area (Å²) in [6.45, 7) is 0.834. The Kier molecular flexibility index (Phi) is 6.73. The third kappa shape index (κ3) is 5.33. The number of benzene rings is 2. The molecule has 3 atom stereocenters. The highest BCUT2D eigenvalue weighted by Crippen LogP contribution is 2.41. The second kappa shape index (κ2) is 9.06. The minimum absolute atomic E-state index is 0.162. The molecule has 2 aromatic rings. The standard InChI is InChI=1S/C24H32FNO2/c1-26(2)17-21-13-19(12-18-6-5-9-23(15-18)28-3)10-11-24(21,27)16-20-7-4-8-22(25)14-20/h4-9,14-15,19,21,27H,10-13,16-17H2,1-3H3. The van der Waals surface area contributed by atoms with Crippen LogP contribution in [0.3, 0.4) is 0 Å². The zero-order valence-electron chi connectivity index (χ0n) is 17.2. The monoisotopic (exact) mass is 385 g/mol. The summed E-state index contributed by atoms with van der Waals surface area (Å²) in [4.78, 5) is 2.15. The summed E-state index contributed by atoms with van der Waals surface area (Å²) in [6, 6.07) is 14.9. The van der Waals surface area contributed by atoms with Crippen LogP contribution in [0.25, 0.3) is 0 Å². The largest absolute Gasteiger partial charge is 0.497 e. The molecule has 0 amide bonds. The lowest BCUT2D eigenvalue weighted by molar-refractivity contribution is -0.0686. The Bertz CT molecular complexity index is 779. The number of rotatable bonds is 7. The Balaban J connectivity index is 1.73. The molecule has 0 heterocycles. The van der Waals surface area contributed by atoms with E-state index in [4.69, 9.17) is 4.74 Å². The van der Waals surface area contributed by atoms with Gasteiger partial charge in [0.1, 0.15) is 11.6 Å². The van der Waals surface area contributed by atoms with Gasteiger partial charge in [-0.2, -0.15) is 0 Å². The molecule has 28 heavy (non-hydrogen) atoms. The summed E-state index contributed by atoms with van der Waals surface area (Å²) in [5, 5.41) is 11.5. The molecule has 1 N–H and O–H groups in total. The molecule has 152 valence electrons. The second-order valence-corrected chi connectivity index (χ2v) is 8.57. The van der Waals surface area contributed by atoms with Gasteiger partial charge in [0.05, 0.1) is 12.7 Å². The molecule has 1 fully saturated rings. The van der Waals surface area contributed by atoms with Crippen LogP contribution in [0.4, 0.5) is 4.39 Å². The molecule has 0 bridgehead atoms. The Morgan fingerprint density at radius 2 is 1.89 bits per heavy atom. The maximum Gasteiger partial charge on any atom is 0.123 e. The van der Waals surface area contributed by atoms with Gasteiger partial charge in [-0.1, -0.05) is 24.3 Å². The van der Waals surface area contributed by atoms with Crippen molar-refractivity contribution in [2.45, 2.75) is 37.7 Å². The van der Waals surface area contributed by atoms with Crippen LogP contribution in [0, 0.1) is 17.7 Å². The van der Waals surface area contributed by atoms with Crippen LogP contribution < -0.4 is 4.74 Å². The third-order valence-corrected chi connectivity index (χ3v) is 6.01. The Hall–Kier alpha value is -1.91. The van der Waals surface area contributed by atoms with Crippen LogP contribution in [-0.4, -0.2) is 43.4 Å². The van der Waals surface area contributed by atoms with Crippen molar-refractivity contribution in [2.75, 3.05) is 27.7 Å². The van der Waals surface area contributed by atoms with Crippen LogP contribution in [0.5, 0.6) is 5.75 Å². The van der Waals surface area contributed by atoms with Crippen LogP contribution in [-0.2, 0) is 12.8 Å². The van der Waals surface area contributed by atoms with E-state index >= 15 is 0 Å². The SMILES string of the molecule is COc1cccc(CC2CCC(O)(Cc3cccc(F)c3)C(CN(C)C)C2)c1. The maximum atomic E-state index is 13.6. The lowest BCUT2D eigenvalue weighted by Gasteiger charge is -2.44. The van der Waals surface area contributed by atoms with Crippen molar-refractivity contribution in [3.8, 4) is 5.75 Å². The van der Waals surface area contributed by atoms with Gasteiger partial charge < -0.3 is 14.7 Å². The summed E-state index contributed by atoms with van der Waals surface area (Å²) < 4.78 is 19.0. The first-order valence-corrected chi connectivity index (χ1v) is 10.1. The molecule has 0 saturated heterocycles. The first kappa shape index (κ1) is 20.8. The van der Waals surface area contributed by atoms with Gasteiger partial charge in [0.25, 0.3) is 0 Å². The van der Waals surface area contributed by atoms with E-state index in [9.17, 15) is 9.50 Å². The van der Waals surface area contributed by atoms with E-state index in [0.29, 0.717) is 12.3 Å². The van der Waals surface area contributed by atoms with Gasteiger partial charge in [0.2, 0.25) is 0 Å². The van der Waals surface area contributed by atoms with Gasteiger partial charge in [0, 0.05) is 18.9 Å². The predicted octanol–water partition coefficient (Wildman–Crippen LogP) is 4.33. The lowest BCUT2D eigenvalue weighted by Crippen LogP contribution is -2.49. The normalized spacial score (nSPS) is 25.1. The van der Waals surface area contributed by atoms with E-state index < -0.39 is 5.60 Å². The van der Waals surface area contributed by atoms with Crippen molar-refractivity contribution in [3.05, 3.63) is 65.5 Å². The van der Waals surface area contributed by atoms with Gasteiger partial charge in [-0.15, -0.1) is 0 Å². The van der Waals surface area contributed by atoms with Gasteiger partial charge in [-0.05, 0) is 81.1 Å². The quantitative estimate of drug-likeness (QED) is 0.770. The van der Waals surface area contributed by atoms with Crippen molar-refractivity contribution in [1.82, 2.24) is 4.90 Å². The van der Waals surface area contributed by atoms with Gasteiger partial charge in [-0.3, -0.25) is 0 Å². The first-order valence-electron chi connectivity index (χ1n) is 10.1. The Morgan fingerprint density at radius 1 is 1.14 bits per heavy atom.